The minimum atomic E-state index is -1.44. The largest absolute Gasteiger partial charge is 0.490 e. The first kappa shape index (κ1) is 11.0. The van der Waals surface area contributed by atoms with Crippen molar-refractivity contribution in [3.8, 4) is 0 Å². The second-order valence-electron chi connectivity index (χ2n) is 3.63. The molecule has 0 saturated carbocycles. The SMILES string of the molecule is CC(C)CNc1ccc(B(O)O)cn1. The van der Waals surface area contributed by atoms with Gasteiger partial charge in [0.25, 0.3) is 0 Å². The van der Waals surface area contributed by atoms with Gasteiger partial charge in [-0.15, -0.1) is 0 Å². The Morgan fingerprint density at radius 2 is 2.14 bits per heavy atom. The summed E-state index contributed by atoms with van der Waals surface area (Å²) in [7, 11) is -1.44. The lowest BCUT2D eigenvalue weighted by Crippen LogP contribution is -2.30. The Morgan fingerprint density at radius 3 is 2.57 bits per heavy atom. The van der Waals surface area contributed by atoms with Crippen molar-refractivity contribution in [2.24, 2.45) is 5.92 Å². The van der Waals surface area contributed by atoms with E-state index in [-0.39, 0.29) is 0 Å². The van der Waals surface area contributed by atoms with Gasteiger partial charge in [-0.05, 0) is 12.0 Å². The first-order chi connectivity index (χ1) is 6.59. The number of pyridine rings is 1. The van der Waals surface area contributed by atoms with Crippen LogP contribution in [0.3, 0.4) is 0 Å². The van der Waals surface area contributed by atoms with Gasteiger partial charge < -0.3 is 15.4 Å². The predicted octanol–water partition coefficient (Wildman–Crippen LogP) is -0.171. The molecule has 0 radical (unpaired) electrons. The standard InChI is InChI=1S/C9H15BN2O2/c1-7(2)5-11-9-4-3-8(6-12-9)10(13)14/h3-4,6-7,13-14H,5H2,1-2H3,(H,11,12). The van der Waals surface area contributed by atoms with Gasteiger partial charge in [0.2, 0.25) is 0 Å². The average molecular weight is 194 g/mol. The first-order valence-corrected chi connectivity index (χ1v) is 4.65. The Labute approximate surface area is 84.1 Å². The lowest BCUT2D eigenvalue weighted by Gasteiger charge is -2.08. The maximum atomic E-state index is 8.83. The van der Waals surface area contributed by atoms with E-state index < -0.39 is 7.12 Å². The summed E-state index contributed by atoms with van der Waals surface area (Å²) in [6.45, 7) is 5.08. The molecule has 0 saturated heterocycles. The highest BCUT2D eigenvalue weighted by molar-refractivity contribution is 6.58. The van der Waals surface area contributed by atoms with Crippen molar-refractivity contribution in [1.29, 1.82) is 0 Å². The van der Waals surface area contributed by atoms with Gasteiger partial charge in [0.15, 0.2) is 0 Å². The first-order valence-electron chi connectivity index (χ1n) is 4.65. The van der Waals surface area contributed by atoms with Crippen LogP contribution in [0, 0.1) is 5.92 Å². The Balaban J connectivity index is 2.55. The van der Waals surface area contributed by atoms with E-state index in [0.717, 1.165) is 12.4 Å². The van der Waals surface area contributed by atoms with Crippen LogP contribution in [0.4, 0.5) is 5.82 Å². The Bertz CT molecular complexity index is 275. The summed E-state index contributed by atoms with van der Waals surface area (Å²) < 4.78 is 0. The maximum Gasteiger partial charge on any atom is 0.490 e. The van der Waals surface area contributed by atoms with Crippen molar-refractivity contribution < 1.29 is 10.0 Å². The van der Waals surface area contributed by atoms with E-state index in [9.17, 15) is 0 Å². The number of nitrogens with zero attached hydrogens (tertiary/aromatic N) is 1. The highest BCUT2D eigenvalue weighted by Crippen LogP contribution is 2.00. The van der Waals surface area contributed by atoms with Crippen molar-refractivity contribution >= 4 is 18.4 Å². The van der Waals surface area contributed by atoms with E-state index in [1.165, 1.54) is 6.20 Å². The molecular weight excluding hydrogens is 179 g/mol. The molecule has 0 amide bonds. The van der Waals surface area contributed by atoms with Crippen molar-refractivity contribution in [2.75, 3.05) is 11.9 Å². The van der Waals surface area contributed by atoms with Gasteiger partial charge in [-0.3, -0.25) is 0 Å². The molecule has 14 heavy (non-hydrogen) atoms. The predicted molar refractivity (Wildman–Crippen MR) is 57.4 cm³/mol. The van der Waals surface area contributed by atoms with Gasteiger partial charge in [-0.2, -0.15) is 0 Å². The van der Waals surface area contributed by atoms with Crippen LogP contribution in [0.15, 0.2) is 18.3 Å². The second kappa shape index (κ2) is 4.98. The number of nitrogens with one attached hydrogen (secondary N) is 1. The van der Waals surface area contributed by atoms with E-state index in [0.29, 0.717) is 11.4 Å². The third-order valence-electron chi connectivity index (χ3n) is 1.78. The molecule has 76 valence electrons. The van der Waals surface area contributed by atoms with Crippen LogP contribution in [0.5, 0.6) is 0 Å². The molecule has 0 aliphatic heterocycles. The molecule has 0 atom stereocenters. The molecule has 3 N–H and O–H groups in total. The normalized spacial score (nSPS) is 10.4. The fraction of sp³-hybridized carbons (Fsp3) is 0.444. The number of aromatic nitrogens is 1. The molecule has 1 aromatic rings. The molecule has 0 aromatic carbocycles. The highest BCUT2D eigenvalue weighted by Gasteiger charge is 2.10. The quantitative estimate of drug-likeness (QED) is 0.582. The van der Waals surface area contributed by atoms with Crippen molar-refractivity contribution in [1.82, 2.24) is 4.98 Å². The molecule has 0 aliphatic carbocycles. The van der Waals surface area contributed by atoms with Crippen molar-refractivity contribution in [2.45, 2.75) is 13.8 Å². The molecule has 1 rings (SSSR count). The summed E-state index contributed by atoms with van der Waals surface area (Å²) in [5.74, 6) is 1.31. The second-order valence-corrected chi connectivity index (χ2v) is 3.63. The van der Waals surface area contributed by atoms with Crippen LogP contribution in [0.1, 0.15) is 13.8 Å². The Kier molecular flexibility index (Phi) is 3.91. The molecule has 1 heterocycles. The zero-order valence-electron chi connectivity index (χ0n) is 8.44. The van der Waals surface area contributed by atoms with E-state index in [1.54, 1.807) is 12.1 Å². The average Bonchev–Trinajstić information content (AvgIpc) is 2.15. The lowest BCUT2D eigenvalue weighted by molar-refractivity contribution is 0.425. The minimum absolute atomic E-state index is 0.403. The van der Waals surface area contributed by atoms with Gasteiger partial charge in [0.05, 0.1) is 0 Å². The molecule has 0 unspecified atom stereocenters. The summed E-state index contributed by atoms with van der Waals surface area (Å²) in [5.41, 5.74) is 0.403. The third kappa shape index (κ3) is 3.36. The maximum absolute atomic E-state index is 8.83. The number of rotatable bonds is 4. The van der Waals surface area contributed by atoms with Gasteiger partial charge in [-0.25, -0.2) is 4.98 Å². The number of hydrogen-bond donors (Lipinski definition) is 3. The van der Waals surface area contributed by atoms with Gasteiger partial charge in [0, 0.05) is 18.2 Å². The third-order valence-corrected chi connectivity index (χ3v) is 1.78. The van der Waals surface area contributed by atoms with Crippen molar-refractivity contribution in [3.63, 3.8) is 0 Å². The molecule has 4 nitrogen and oxygen atoms in total. The van der Waals surface area contributed by atoms with E-state index >= 15 is 0 Å². The van der Waals surface area contributed by atoms with Crippen LogP contribution in [0.2, 0.25) is 0 Å². The minimum Gasteiger partial charge on any atom is -0.423 e. The molecule has 5 heteroatoms. The van der Waals surface area contributed by atoms with Gasteiger partial charge >= 0.3 is 7.12 Å². The summed E-state index contributed by atoms with van der Waals surface area (Å²) in [6, 6.07) is 3.37. The fourth-order valence-corrected chi connectivity index (χ4v) is 0.971. The van der Waals surface area contributed by atoms with E-state index in [1.807, 2.05) is 0 Å². The van der Waals surface area contributed by atoms with Crippen LogP contribution >= 0.6 is 0 Å². The van der Waals surface area contributed by atoms with Crippen LogP contribution in [-0.4, -0.2) is 28.7 Å². The Morgan fingerprint density at radius 1 is 1.43 bits per heavy atom. The summed E-state index contributed by atoms with van der Waals surface area (Å²) in [4.78, 5) is 4.04. The van der Waals surface area contributed by atoms with Crippen LogP contribution in [0.25, 0.3) is 0 Å². The van der Waals surface area contributed by atoms with Gasteiger partial charge in [0.1, 0.15) is 5.82 Å². The Hall–Kier alpha value is -1.07. The summed E-state index contributed by atoms with van der Waals surface area (Å²) in [5, 5.41) is 20.8. The molecule has 1 aromatic heterocycles. The molecule has 0 spiro atoms. The van der Waals surface area contributed by atoms with Crippen molar-refractivity contribution in [3.05, 3.63) is 18.3 Å². The summed E-state index contributed by atoms with van der Waals surface area (Å²) in [6.07, 6.45) is 1.45. The van der Waals surface area contributed by atoms with Gasteiger partial charge in [-0.1, -0.05) is 19.9 Å². The lowest BCUT2D eigenvalue weighted by atomic mass is 9.82. The molecular formula is C9H15BN2O2. The topological polar surface area (TPSA) is 65.4 Å². The zero-order chi connectivity index (χ0) is 10.6. The summed E-state index contributed by atoms with van der Waals surface area (Å²) >= 11 is 0. The fourth-order valence-electron chi connectivity index (χ4n) is 0.971. The van der Waals surface area contributed by atoms with E-state index in [2.05, 4.69) is 24.1 Å². The van der Waals surface area contributed by atoms with E-state index in [4.69, 9.17) is 10.0 Å². The highest BCUT2D eigenvalue weighted by atomic mass is 16.4. The molecule has 0 aliphatic rings. The molecule has 0 fully saturated rings. The monoisotopic (exact) mass is 194 g/mol. The zero-order valence-corrected chi connectivity index (χ0v) is 8.44. The van der Waals surface area contributed by atoms with Crippen LogP contribution < -0.4 is 10.8 Å². The molecule has 0 bridgehead atoms. The number of anilines is 1. The number of hydrogen-bond acceptors (Lipinski definition) is 4. The van der Waals surface area contributed by atoms with Crippen LogP contribution in [-0.2, 0) is 0 Å². The smallest absolute Gasteiger partial charge is 0.423 e.